The van der Waals surface area contributed by atoms with Gasteiger partial charge in [0.2, 0.25) is 0 Å². The van der Waals surface area contributed by atoms with Gasteiger partial charge in [-0.15, -0.1) is 0 Å². The van der Waals surface area contributed by atoms with Crippen LogP contribution >= 0.6 is 0 Å². The van der Waals surface area contributed by atoms with E-state index in [1.54, 1.807) is 0 Å². The molecule has 0 aliphatic heterocycles. The van der Waals surface area contributed by atoms with Crippen molar-refractivity contribution >= 4 is 0 Å². The fraction of sp³-hybridized carbons (Fsp3) is 0. The van der Waals surface area contributed by atoms with E-state index in [1.807, 2.05) is 0 Å². The minimum Gasteiger partial charge on any atom is -0.358 e. The molecule has 0 fully saturated rings. The maximum Gasteiger partial charge on any atom is 2.00 e. The van der Waals surface area contributed by atoms with Crippen molar-refractivity contribution in [3.8, 4) is 0 Å². The molecule has 4 heavy (non-hydrogen) atoms. The Morgan fingerprint density at radius 2 is 0.750 bits per heavy atom. The molecule has 0 bridgehead atoms. The van der Waals surface area contributed by atoms with Crippen LogP contribution in [0.4, 0.5) is 0 Å². The number of rotatable bonds is 0. The SMILES string of the molecule is [CH3-].[CH3-].[V+2].[V]. The molecular weight excluding hydrogens is 126 g/mol. The molecule has 2 heteroatoms. The molecule has 0 spiro atoms. The summed E-state index contributed by atoms with van der Waals surface area (Å²) < 4.78 is 0. The van der Waals surface area contributed by atoms with E-state index < -0.39 is 0 Å². The fourth-order valence-corrected chi connectivity index (χ4v) is 0. The molecule has 0 rings (SSSR count). The summed E-state index contributed by atoms with van der Waals surface area (Å²) in [5.74, 6) is 0. The average Bonchev–Trinajstić information content (AvgIpc) is 0. The van der Waals surface area contributed by atoms with E-state index >= 15 is 0 Å². The zero-order chi connectivity index (χ0) is 0. The van der Waals surface area contributed by atoms with Crippen molar-refractivity contribution in [2.75, 3.05) is 0 Å². The van der Waals surface area contributed by atoms with Gasteiger partial charge < -0.3 is 14.9 Å². The first-order valence-electron chi connectivity index (χ1n) is 0. The Bertz CT molecular complexity index is 4.00. The minimum atomic E-state index is 0. The molecule has 0 saturated carbocycles. The second-order valence-corrected chi connectivity index (χ2v) is 0. The first kappa shape index (κ1) is 65.8. The van der Waals surface area contributed by atoms with Gasteiger partial charge in [-0.2, -0.15) is 0 Å². The van der Waals surface area contributed by atoms with E-state index in [1.165, 1.54) is 0 Å². The molecule has 0 unspecified atom stereocenters. The van der Waals surface area contributed by atoms with Crippen molar-refractivity contribution in [2.45, 2.75) is 0 Å². The van der Waals surface area contributed by atoms with Crippen molar-refractivity contribution in [3.05, 3.63) is 14.9 Å². The average molecular weight is 132 g/mol. The van der Waals surface area contributed by atoms with Crippen LogP contribution in [0.1, 0.15) is 0 Å². The van der Waals surface area contributed by atoms with Gasteiger partial charge in [-0.3, -0.25) is 0 Å². The van der Waals surface area contributed by atoms with Gasteiger partial charge in [-0.05, 0) is 0 Å². The molecule has 0 amide bonds. The monoisotopic (exact) mass is 132 g/mol. The maximum absolute atomic E-state index is 0. The summed E-state index contributed by atoms with van der Waals surface area (Å²) in [7, 11) is 0. The van der Waals surface area contributed by atoms with E-state index in [2.05, 4.69) is 0 Å². The third-order valence-corrected chi connectivity index (χ3v) is 0. The van der Waals surface area contributed by atoms with Gasteiger partial charge in [0.15, 0.2) is 0 Å². The Balaban J connectivity index is 0. The molecule has 0 N–H and O–H groups in total. The van der Waals surface area contributed by atoms with Crippen molar-refractivity contribution < 1.29 is 37.1 Å². The predicted octanol–water partition coefficient (Wildman–Crippen LogP) is 0.896. The summed E-state index contributed by atoms with van der Waals surface area (Å²) in [4.78, 5) is 0. The molecule has 0 aromatic heterocycles. The molecule has 0 nitrogen and oxygen atoms in total. The van der Waals surface area contributed by atoms with Gasteiger partial charge in [0, 0.05) is 18.6 Å². The molecule has 2 radical (unpaired) electrons. The summed E-state index contributed by atoms with van der Waals surface area (Å²) >= 11 is 0. The Labute approximate surface area is 52.1 Å². The molecule has 0 aromatic carbocycles. The second-order valence-electron chi connectivity index (χ2n) is 0. The fourth-order valence-electron chi connectivity index (χ4n) is 0. The van der Waals surface area contributed by atoms with Crippen LogP contribution < -0.4 is 0 Å². The molecule has 24 valence electrons. The largest absolute Gasteiger partial charge is 2.00 e. The molecule has 0 aliphatic rings. The smallest absolute Gasteiger partial charge is 0.358 e. The van der Waals surface area contributed by atoms with Gasteiger partial charge in [-0.1, -0.05) is 0 Å². The topological polar surface area (TPSA) is 0 Å². The predicted molar refractivity (Wildman–Crippen MR) is 12.8 cm³/mol. The summed E-state index contributed by atoms with van der Waals surface area (Å²) in [6, 6.07) is 0. The summed E-state index contributed by atoms with van der Waals surface area (Å²) in [6.07, 6.45) is 0. The van der Waals surface area contributed by atoms with Crippen LogP contribution in [-0.2, 0) is 37.1 Å². The van der Waals surface area contributed by atoms with Crippen LogP contribution in [0.3, 0.4) is 0 Å². The van der Waals surface area contributed by atoms with Crippen LogP contribution in [-0.4, -0.2) is 0 Å². The standard InChI is InChI=1S/2CH3.2V/h2*1H3;;/q2*-1;;+2. The Morgan fingerprint density at radius 3 is 0.750 bits per heavy atom. The normalized spacial score (nSPS) is 0. The molecule has 0 saturated heterocycles. The third-order valence-electron chi connectivity index (χ3n) is 0. The molecule has 0 heterocycles. The number of hydrogen-bond acceptors (Lipinski definition) is 0. The zero-order valence-corrected chi connectivity index (χ0v) is 5.69. The molecule has 0 aromatic rings. The Hall–Kier alpha value is 1.17. The van der Waals surface area contributed by atoms with E-state index in [-0.39, 0.29) is 52.0 Å². The van der Waals surface area contributed by atoms with Crippen molar-refractivity contribution in [3.63, 3.8) is 0 Å². The van der Waals surface area contributed by atoms with Crippen molar-refractivity contribution in [1.29, 1.82) is 0 Å². The van der Waals surface area contributed by atoms with Crippen molar-refractivity contribution in [2.24, 2.45) is 0 Å². The van der Waals surface area contributed by atoms with Crippen LogP contribution in [0.25, 0.3) is 0 Å². The molecular formula is C2H6V2. The zero-order valence-electron chi connectivity index (χ0n) is 2.89. The van der Waals surface area contributed by atoms with Gasteiger partial charge in [0.1, 0.15) is 0 Å². The number of hydrogen-bond donors (Lipinski definition) is 0. The van der Waals surface area contributed by atoms with Gasteiger partial charge in [0.25, 0.3) is 0 Å². The Morgan fingerprint density at radius 1 is 0.750 bits per heavy atom. The van der Waals surface area contributed by atoms with E-state index in [0.717, 1.165) is 0 Å². The van der Waals surface area contributed by atoms with E-state index in [4.69, 9.17) is 0 Å². The van der Waals surface area contributed by atoms with Crippen LogP contribution in [0.15, 0.2) is 0 Å². The van der Waals surface area contributed by atoms with Crippen LogP contribution in [0.2, 0.25) is 0 Å². The van der Waals surface area contributed by atoms with Gasteiger partial charge in [0.05, 0.1) is 0 Å². The van der Waals surface area contributed by atoms with E-state index in [9.17, 15) is 0 Å². The summed E-state index contributed by atoms with van der Waals surface area (Å²) in [5.41, 5.74) is 0. The second kappa shape index (κ2) is 30.6. The van der Waals surface area contributed by atoms with Crippen molar-refractivity contribution in [1.82, 2.24) is 0 Å². The summed E-state index contributed by atoms with van der Waals surface area (Å²) in [6.45, 7) is 0. The van der Waals surface area contributed by atoms with Crippen LogP contribution in [0.5, 0.6) is 0 Å². The quantitative estimate of drug-likeness (QED) is 0.429. The molecule has 0 atom stereocenters. The van der Waals surface area contributed by atoms with Crippen LogP contribution in [0, 0.1) is 14.9 Å². The first-order valence-corrected chi connectivity index (χ1v) is 0. The summed E-state index contributed by atoms with van der Waals surface area (Å²) in [5, 5.41) is 0. The van der Waals surface area contributed by atoms with Gasteiger partial charge >= 0.3 is 18.6 Å². The van der Waals surface area contributed by atoms with E-state index in [0.29, 0.717) is 0 Å². The Kier molecular flexibility index (Phi) is 504. The minimum absolute atomic E-state index is 0. The molecule has 0 aliphatic carbocycles. The maximum atomic E-state index is 0. The third kappa shape index (κ3) is 10.9. The first-order chi connectivity index (χ1) is 0. The van der Waals surface area contributed by atoms with Gasteiger partial charge in [-0.25, -0.2) is 0 Å².